The Morgan fingerprint density at radius 3 is 2.37 bits per heavy atom. The molecule has 0 bridgehead atoms. The number of rotatable bonds is 3. The van der Waals surface area contributed by atoms with Crippen LogP contribution in [0.3, 0.4) is 0 Å². The fraction of sp³-hybridized carbons (Fsp3) is 0.154. The minimum Gasteiger partial charge on any atom is -0.383 e. The Labute approximate surface area is 121 Å². The predicted molar refractivity (Wildman–Crippen MR) is 79.0 cm³/mol. The number of nitrogens with two attached hydrogens (primary N) is 2. The van der Waals surface area contributed by atoms with Crippen LogP contribution in [0.25, 0.3) is 0 Å². The number of pyridine rings is 1. The summed E-state index contributed by atoms with van der Waals surface area (Å²) in [6, 6.07) is 6.82. The molecule has 1 heterocycles. The number of nitrogens with zero attached hydrogens (tertiary/aromatic N) is 1. The summed E-state index contributed by atoms with van der Waals surface area (Å²) in [5, 5.41) is 1.09. The van der Waals surface area contributed by atoms with Gasteiger partial charge >= 0.3 is 0 Å². The van der Waals surface area contributed by atoms with E-state index in [2.05, 4.69) is 10.4 Å². The summed E-state index contributed by atoms with van der Waals surface area (Å²) in [5.41, 5.74) is 11.3. The summed E-state index contributed by atoms with van der Waals surface area (Å²) in [5.74, 6) is 6.08. The van der Waals surface area contributed by atoms with Crippen LogP contribution in [0.5, 0.6) is 0 Å². The average Bonchev–Trinajstić information content (AvgIpc) is 2.32. The van der Waals surface area contributed by atoms with E-state index < -0.39 is 0 Å². The van der Waals surface area contributed by atoms with Crippen molar-refractivity contribution in [2.24, 2.45) is 5.84 Å². The lowest BCUT2D eigenvalue weighted by Crippen LogP contribution is -2.30. The van der Waals surface area contributed by atoms with Crippen LogP contribution in [0, 0.1) is 6.92 Å². The lowest BCUT2D eigenvalue weighted by atomic mass is 9.96. The van der Waals surface area contributed by atoms with Gasteiger partial charge in [0, 0.05) is 21.8 Å². The topological polar surface area (TPSA) is 77.0 Å². The highest BCUT2D eigenvalue weighted by molar-refractivity contribution is 6.34. The summed E-state index contributed by atoms with van der Waals surface area (Å²) >= 11 is 12.0. The number of benzene rings is 1. The Kier molecular flexibility index (Phi) is 4.27. The molecule has 1 aromatic heterocycles. The number of hydrazine groups is 1. The van der Waals surface area contributed by atoms with Gasteiger partial charge in [0.1, 0.15) is 5.82 Å². The van der Waals surface area contributed by atoms with Crippen molar-refractivity contribution < 1.29 is 0 Å². The van der Waals surface area contributed by atoms with Gasteiger partial charge in [0.15, 0.2) is 0 Å². The molecule has 6 heteroatoms. The van der Waals surface area contributed by atoms with E-state index in [0.717, 1.165) is 16.7 Å². The molecule has 0 aliphatic carbocycles. The van der Waals surface area contributed by atoms with E-state index in [1.165, 1.54) is 0 Å². The van der Waals surface area contributed by atoms with Gasteiger partial charge in [0.2, 0.25) is 0 Å². The zero-order valence-corrected chi connectivity index (χ0v) is 11.8. The summed E-state index contributed by atoms with van der Waals surface area (Å²) in [4.78, 5) is 4.10. The van der Waals surface area contributed by atoms with E-state index in [1.54, 1.807) is 24.4 Å². The third-order valence-electron chi connectivity index (χ3n) is 2.91. The summed E-state index contributed by atoms with van der Waals surface area (Å²) in [6.45, 7) is 1.95. The maximum Gasteiger partial charge on any atom is 0.128 e. The normalized spacial score (nSPS) is 12.4. The largest absolute Gasteiger partial charge is 0.383 e. The molecule has 0 fully saturated rings. The first-order valence-electron chi connectivity index (χ1n) is 5.66. The first kappa shape index (κ1) is 14.1. The molecule has 19 heavy (non-hydrogen) atoms. The predicted octanol–water partition coefficient (Wildman–Crippen LogP) is 2.83. The van der Waals surface area contributed by atoms with Crippen LogP contribution in [0.4, 0.5) is 5.82 Å². The van der Waals surface area contributed by atoms with Gasteiger partial charge in [-0.3, -0.25) is 5.84 Å². The molecule has 4 nitrogen and oxygen atoms in total. The van der Waals surface area contributed by atoms with Crippen LogP contribution >= 0.6 is 23.2 Å². The molecule has 5 N–H and O–H groups in total. The number of aromatic nitrogens is 1. The summed E-state index contributed by atoms with van der Waals surface area (Å²) in [7, 11) is 0. The van der Waals surface area contributed by atoms with Crippen molar-refractivity contribution in [3.05, 3.63) is 57.2 Å². The number of nitrogen functional groups attached to an aromatic ring is 1. The first-order chi connectivity index (χ1) is 9.02. The maximum atomic E-state index is 6.02. The second kappa shape index (κ2) is 5.75. The lowest BCUT2D eigenvalue weighted by molar-refractivity contribution is 0.633. The number of halogens is 2. The number of hydrogen-bond donors (Lipinski definition) is 3. The molecule has 1 aromatic carbocycles. The van der Waals surface area contributed by atoms with Crippen molar-refractivity contribution in [2.45, 2.75) is 13.0 Å². The Hall–Kier alpha value is -1.33. The fourth-order valence-electron chi connectivity index (χ4n) is 2.05. The molecule has 2 rings (SSSR count). The second-order valence-electron chi connectivity index (χ2n) is 4.23. The molecular weight excluding hydrogens is 283 g/mol. The van der Waals surface area contributed by atoms with Crippen LogP contribution in [0.2, 0.25) is 10.0 Å². The van der Waals surface area contributed by atoms with Crippen LogP contribution < -0.4 is 17.0 Å². The van der Waals surface area contributed by atoms with E-state index in [4.69, 9.17) is 34.8 Å². The Morgan fingerprint density at radius 2 is 1.84 bits per heavy atom. The van der Waals surface area contributed by atoms with Crippen LogP contribution in [0.15, 0.2) is 30.5 Å². The van der Waals surface area contributed by atoms with Crippen molar-refractivity contribution in [1.82, 2.24) is 10.4 Å². The average molecular weight is 297 g/mol. The molecule has 100 valence electrons. The number of nitrogens with one attached hydrogen (secondary N) is 1. The van der Waals surface area contributed by atoms with Crippen molar-refractivity contribution in [3.63, 3.8) is 0 Å². The van der Waals surface area contributed by atoms with Gasteiger partial charge in [-0.2, -0.15) is 0 Å². The zero-order chi connectivity index (χ0) is 14.0. The number of anilines is 1. The Morgan fingerprint density at radius 1 is 1.21 bits per heavy atom. The molecule has 0 aliphatic heterocycles. The van der Waals surface area contributed by atoms with Crippen molar-refractivity contribution in [2.75, 3.05) is 5.73 Å². The number of aryl methyl sites for hydroxylation is 1. The van der Waals surface area contributed by atoms with Gasteiger partial charge in [-0.15, -0.1) is 0 Å². The van der Waals surface area contributed by atoms with E-state index in [-0.39, 0.29) is 6.04 Å². The molecule has 1 unspecified atom stereocenters. The van der Waals surface area contributed by atoms with Crippen molar-refractivity contribution in [1.29, 1.82) is 0 Å². The zero-order valence-electron chi connectivity index (χ0n) is 10.3. The number of hydrogen-bond acceptors (Lipinski definition) is 4. The maximum absolute atomic E-state index is 6.02. The van der Waals surface area contributed by atoms with Gasteiger partial charge in [0.05, 0.1) is 6.04 Å². The monoisotopic (exact) mass is 296 g/mol. The Bertz CT molecular complexity index is 561. The summed E-state index contributed by atoms with van der Waals surface area (Å²) in [6.07, 6.45) is 1.66. The molecular formula is C13H14Cl2N4. The summed E-state index contributed by atoms with van der Waals surface area (Å²) < 4.78 is 0. The Balaban J connectivity index is 2.56. The van der Waals surface area contributed by atoms with Crippen molar-refractivity contribution >= 4 is 29.0 Å². The molecule has 0 saturated carbocycles. The van der Waals surface area contributed by atoms with Crippen LogP contribution in [0.1, 0.15) is 22.7 Å². The smallest absolute Gasteiger partial charge is 0.128 e. The van der Waals surface area contributed by atoms with Crippen LogP contribution in [-0.4, -0.2) is 4.98 Å². The molecule has 1 atom stereocenters. The van der Waals surface area contributed by atoms with E-state index in [9.17, 15) is 0 Å². The minimum absolute atomic E-state index is 0.315. The van der Waals surface area contributed by atoms with Gasteiger partial charge in [-0.1, -0.05) is 23.2 Å². The molecule has 0 radical (unpaired) electrons. The van der Waals surface area contributed by atoms with E-state index in [0.29, 0.717) is 15.9 Å². The first-order valence-corrected chi connectivity index (χ1v) is 6.41. The fourth-order valence-corrected chi connectivity index (χ4v) is 2.60. The van der Waals surface area contributed by atoms with E-state index in [1.807, 2.05) is 13.0 Å². The highest BCUT2D eigenvalue weighted by atomic mass is 35.5. The second-order valence-corrected chi connectivity index (χ2v) is 5.10. The SMILES string of the molecule is Cc1ccnc(N)c1C(NN)c1cc(Cl)cc(Cl)c1. The molecule has 0 amide bonds. The van der Waals surface area contributed by atoms with Gasteiger partial charge < -0.3 is 5.73 Å². The third-order valence-corrected chi connectivity index (χ3v) is 3.35. The third kappa shape index (κ3) is 2.98. The molecule has 0 saturated heterocycles. The highest BCUT2D eigenvalue weighted by Crippen LogP contribution is 2.31. The molecule has 0 spiro atoms. The van der Waals surface area contributed by atoms with Gasteiger partial charge in [0.25, 0.3) is 0 Å². The van der Waals surface area contributed by atoms with Crippen molar-refractivity contribution in [3.8, 4) is 0 Å². The van der Waals surface area contributed by atoms with Crippen LogP contribution in [-0.2, 0) is 0 Å². The van der Waals surface area contributed by atoms with Gasteiger partial charge in [-0.05, 0) is 42.3 Å². The molecule has 2 aromatic rings. The van der Waals surface area contributed by atoms with E-state index >= 15 is 0 Å². The van der Waals surface area contributed by atoms with Gasteiger partial charge in [-0.25, -0.2) is 10.4 Å². The standard InChI is InChI=1S/C13H14Cl2N4/c1-7-2-3-18-13(16)11(7)12(19-17)8-4-9(14)6-10(15)5-8/h2-6,12,19H,17H2,1H3,(H2,16,18). The lowest BCUT2D eigenvalue weighted by Gasteiger charge is -2.20. The highest BCUT2D eigenvalue weighted by Gasteiger charge is 2.19. The minimum atomic E-state index is -0.315. The quantitative estimate of drug-likeness (QED) is 0.601. The molecule has 0 aliphatic rings.